The molecule has 4 heteroatoms. The molecule has 0 spiro atoms. The van der Waals surface area contributed by atoms with Crippen LogP contribution in [0.15, 0.2) is 24.3 Å². The molecule has 0 aliphatic heterocycles. The summed E-state index contributed by atoms with van der Waals surface area (Å²) in [6, 6.07) is 7.88. The van der Waals surface area contributed by atoms with E-state index in [2.05, 4.69) is 5.32 Å². The molecule has 1 unspecified atom stereocenters. The quantitative estimate of drug-likeness (QED) is 0.760. The van der Waals surface area contributed by atoms with Crippen molar-refractivity contribution in [1.29, 1.82) is 0 Å². The van der Waals surface area contributed by atoms with Gasteiger partial charge in [-0.3, -0.25) is 9.59 Å². The number of amides is 1. The summed E-state index contributed by atoms with van der Waals surface area (Å²) in [6.45, 7) is 0. The summed E-state index contributed by atoms with van der Waals surface area (Å²) in [5.41, 5.74) is 2.32. The van der Waals surface area contributed by atoms with E-state index in [4.69, 9.17) is 5.11 Å². The highest BCUT2D eigenvalue weighted by molar-refractivity contribution is 5.97. The largest absolute Gasteiger partial charge is 0.481 e. The number of nitrogens with one attached hydrogen (secondary N) is 1. The minimum absolute atomic E-state index is 0.134. The van der Waals surface area contributed by atoms with Crippen LogP contribution in [0.1, 0.15) is 11.1 Å². The fourth-order valence-electron chi connectivity index (χ4n) is 2.51. The van der Waals surface area contributed by atoms with Gasteiger partial charge in [0.2, 0.25) is 5.91 Å². The zero-order valence-corrected chi connectivity index (χ0v) is 9.64. The van der Waals surface area contributed by atoms with Crippen LogP contribution in [0.25, 0.3) is 0 Å². The molecule has 0 heterocycles. The zero-order chi connectivity index (χ0) is 12.4. The van der Waals surface area contributed by atoms with Gasteiger partial charge in [-0.05, 0) is 29.9 Å². The summed E-state index contributed by atoms with van der Waals surface area (Å²) in [7, 11) is 1.47. The molecule has 1 atom stereocenters. The first kappa shape index (κ1) is 11.6. The lowest BCUT2D eigenvalue weighted by atomic mass is 9.89. The smallest absolute Gasteiger partial charge is 0.316 e. The maximum absolute atomic E-state index is 11.6. The number of carboxylic acid groups (broad SMARTS) is 1. The minimum atomic E-state index is -1.04. The predicted octanol–water partition coefficient (Wildman–Crippen LogP) is 0.848. The molecule has 1 aromatic rings. The van der Waals surface area contributed by atoms with Crippen molar-refractivity contribution in [1.82, 2.24) is 5.32 Å². The summed E-state index contributed by atoms with van der Waals surface area (Å²) < 4.78 is 0. The Bertz CT molecular complexity index is 431. The van der Waals surface area contributed by atoms with Crippen LogP contribution >= 0.6 is 0 Å². The summed E-state index contributed by atoms with van der Waals surface area (Å²) in [5, 5.41) is 11.6. The molecule has 0 radical (unpaired) electrons. The van der Waals surface area contributed by atoms with E-state index in [1.807, 2.05) is 24.3 Å². The number of aliphatic carboxylic acids is 1. The molecular formula is C13H15NO3. The van der Waals surface area contributed by atoms with Gasteiger partial charge in [0.05, 0.1) is 0 Å². The minimum Gasteiger partial charge on any atom is -0.481 e. The van der Waals surface area contributed by atoms with Crippen molar-refractivity contribution in [2.24, 2.45) is 11.8 Å². The van der Waals surface area contributed by atoms with Gasteiger partial charge >= 0.3 is 5.97 Å². The zero-order valence-electron chi connectivity index (χ0n) is 9.64. The molecule has 2 N–H and O–H groups in total. The fraction of sp³-hybridized carbons (Fsp3) is 0.385. The Hall–Kier alpha value is -1.84. The third-order valence-corrected chi connectivity index (χ3v) is 3.35. The molecule has 1 aliphatic rings. The standard InChI is InChI=1S/C13H15NO3/c1-14-12(15)11(13(16)17)10-6-8-4-2-3-5-9(8)7-10/h2-5,10-11H,6-7H2,1H3,(H,14,15)(H,16,17). The first-order valence-electron chi connectivity index (χ1n) is 5.64. The molecule has 4 nitrogen and oxygen atoms in total. The van der Waals surface area contributed by atoms with E-state index in [0.29, 0.717) is 12.8 Å². The van der Waals surface area contributed by atoms with Gasteiger partial charge in [0.1, 0.15) is 5.92 Å². The van der Waals surface area contributed by atoms with E-state index in [0.717, 1.165) is 11.1 Å². The molecule has 1 aliphatic carbocycles. The van der Waals surface area contributed by atoms with Crippen molar-refractivity contribution in [3.05, 3.63) is 35.4 Å². The average Bonchev–Trinajstić information content (AvgIpc) is 2.71. The van der Waals surface area contributed by atoms with Gasteiger partial charge < -0.3 is 10.4 Å². The molecule has 0 saturated heterocycles. The molecular weight excluding hydrogens is 218 g/mol. The number of fused-ring (bicyclic) bond motifs is 1. The molecule has 17 heavy (non-hydrogen) atoms. The Morgan fingerprint density at radius 2 is 1.82 bits per heavy atom. The van der Waals surface area contributed by atoms with Gasteiger partial charge in [-0.2, -0.15) is 0 Å². The lowest BCUT2D eigenvalue weighted by molar-refractivity contribution is -0.149. The van der Waals surface area contributed by atoms with Crippen molar-refractivity contribution < 1.29 is 14.7 Å². The Balaban J connectivity index is 2.20. The van der Waals surface area contributed by atoms with E-state index >= 15 is 0 Å². The molecule has 0 aromatic heterocycles. The van der Waals surface area contributed by atoms with Crippen LogP contribution in [0.3, 0.4) is 0 Å². The molecule has 0 fully saturated rings. The van der Waals surface area contributed by atoms with Crippen LogP contribution in [-0.2, 0) is 22.4 Å². The summed E-state index contributed by atoms with van der Waals surface area (Å²) in [6.07, 6.45) is 1.33. The topological polar surface area (TPSA) is 66.4 Å². The van der Waals surface area contributed by atoms with Gasteiger partial charge in [0, 0.05) is 7.05 Å². The monoisotopic (exact) mass is 233 g/mol. The van der Waals surface area contributed by atoms with Crippen LogP contribution in [0.2, 0.25) is 0 Å². The highest BCUT2D eigenvalue weighted by Gasteiger charge is 2.37. The Labute approximate surface area is 99.6 Å². The summed E-state index contributed by atoms with van der Waals surface area (Å²) >= 11 is 0. The molecule has 2 rings (SSSR count). The van der Waals surface area contributed by atoms with Crippen LogP contribution < -0.4 is 5.32 Å². The first-order chi connectivity index (χ1) is 8.13. The average molecular weight is 233 g/mol. The predicted molar refractivity (Wildman–Crippen MR) is 62.5 cm³/mol. The van der Waals surface area contributed by atoms with Crippen LogP contribution in [-0.4, -0.2) is 24.0 Å². The van der Waals surface area contributed by atoms with Crippen molar-refractivity contribution >= 4 is 11.9 Å². The second-order valence-electron chi connectivity index (χ2n) is 4.37. The van der Waals surface area contributed by atoms with E-state index in [1.54, 1.807) is 0 Å². The molecule has 90 valence electrons. The second-order valence-corrected chi connectivity index (χ2v) is 4.37. The van der Waals surface area contributed by atoms with Crippen molar-refractivity contribution in [3.63, 3.8) is 0 Å². The van der Waals surface area contributed by atoms with E-state index in [1.165, 1.54) is 7.05 Å². The Morgan fingerprint density at radius 3 is 2.24 bits per heavy atom. The highest BCUT2D eigenvalue weighted by atomic mass is 16.4. The second kappa shape index (κ2) is 4.57. The SMILES string of the molecule is CNC(=O)C(C(=O)O)C1Cc2ccccc2C1. The van der Waals surface area contributed by atoms with Gasteiger partial charge in [-0.1, -0.05) is 24.3 Å². The third-order valence-electron chi connectivity index (χ3n) is 3.35. The first-order valence-corrected chi connectivity index (χ1v) is 5.64. The molecule has 1 amide bonds. The normalized spacial score (nSPS) is 16.3. The Morgan fingerprint density at radius 1 is 1.29 bits per heavy atom. The maximum Gasteiger partial charge on any atom is 0.316 e. The van der Waals surface area contributed by atoms with Crippen molar-refractivity contribution in [2.45, 2.75) is 12.8 Å². The number of hydrogen-bond acceptors (Lipinski definition) is 2. The number of benzene rings is 1. The summed E-state index contributed by atoms with van der Waals surface area (Å²) in [5.74, 6) is -2.53. The fourth-order valence-corrected chi connectivity index (χ4v) is 2.51. The van der Waals surface area contributed by atoms with E-state index in [9.17, 15) is 9.59 Å². The molecule has 0 bridgehead atoms. The van der Waals surface area contributed by atoms with Crippen molar-refractivity contribution in [3.8, 4) is 0 Å². The number of carbonyl (C=O) groups excluding carboxylic acids is 1. The van der Waals surface area contributed by atoms with E-state index < -0.39 is 17.8 Å². The lowest BCUT2D eigenvalue weighted by Gasteiger charge is -2.17. The van der Waals surface area contributed by atoms with E-state index in [-0.39, 0.29) is 5.92 Å². The highest BCUT2D eigenvalue weighted by Crippen LogP contribution is 2.31. The maximum atomic E-state index is 11.6. The number of carbonyl (C=O) groups is 2. The third kappa shape index (κ3) is 2.16. The van der Waals surface area contributed by atoms with Gasteiger partial charge in [0.15, 0.2) is 0 Å². The molecule has 0 saturated carbocycles. The van der Waals surface area contributed by atoms with Gasteiger partial charge in [0.25, 0.3) is 0 Å². The number of hydrogen-bond donors (Lipinski definition) is 2. The van der Waals surface area contributed by atoms with Gasteiger partial charge in [-0.15, -0.1) is 0 Å². The Kier molecular flexibility index (Phi) is 3.13. The van der Waals surface area contributed by atoms with Crippen LogP contribution in [0.5, 0.6) is 0 Å². The summed E-state index contributed by atoms with van der Waals surface area (Å²) in [4.78, 5) is 22.8. The molecule has 1 aromatic carbocycles. The van der Waals surface area contributed by atoms with Crippen LogP contribution in [0.4, 0.5) is 0 Å². The number of carboxylic acids is 1. The van der Waals surface area contributed by atoms with Crippen LogP contribution in [0, 0.1) is 11.8 Å². The lowest BCUT2D eigenvalue weighted by Crippen LogP contribution is -2.38. The van der Waals surface area contributed by atoms with Gasteiger partial charge in [-0.25, -0.2) is 0 Å². The van der Waals surface area contributed by atoms with Crippen molar-refractivity contribution in [2.75, 3.05) is 7.05 Å². The number of rotatable bonds is 3.